The molecule has 2 heterocycles. The van der Waals surface area contributed by atoms with Crippen molar-refractivity contribution in [2.45, 2.75) is 11.0 Å². The van der Waals surface area contributed by atoms with Gasteiger partial charge in [-0.1, -0.05) is 18.2 Å². The molecule has 0 saturated carbocycles. The van der Waals surface area contributed by atoms with E-state index in [2.05, 4.69) is 4.72 Å². The summed E-state index contributed by atoms with van der Waals surface area (Å²) in [5, 5.41) is 14.0. The maximum Gasteiger partial charge on any atom is 0.240 e. The lowest BCUT2D eigenvalue weighted by Gasteiger charge is -2.10. The first-order chi connectivity index (χ1) is 11.1. The molecule has 2 N–H and O–H groups in total. The van der Waals surface area contributed by atoms with Crippen molar-refractivity contribution in [2.75, 3.05) is 6.54 Å². The van der Waals surface area contributed by atoms with E-state index in [1.807, 2.05) is 16.8 Å². The van der Waals surface area contributed by atoms with E-state index in [9.17, 15) is 13.5 Å². The second-order valence-corrected chi connectivity index (χ2v) is 7.44. The highest BCUT2D eigenvalue weighted by Crippen LogP contribution is 2.27. The summed E-state index contributed by atoms with van der Waals surface area (Å²) < 4.78 is 32.2. The summed E-state index contributed by atoms with van der Waals surface area (Å²) in [5.41, 5.74) is 0.929. The second-order valence-electron chi connectivity index (χ2n) is 4.89. The Hall–Kier alpha value is -1.93. The van der Waals surface area contributed by atoms with E-state index in [-0.39, 0.29) is 11.4 Å². The van der Waals surface area contributed by atoms with Crippen molar-refractivity contribution < 1.29 is 17.9 Å². The van der Waals surface area contributed by atoms with Crippen molar-refractivity contribution in [2.24, 2.45) is 0 Å². The van der Waals surface area contributed by atoms with E-state index in [0.29, 0.717) is 11.5 Å². The normalized spacial score (nSPS) is 13.1. The van der Waals surface area contributed by atoms with Crippen LogP contribution in [-0.4, -0.2) is 20.1 Å². The molecule has 1 atom stereocenters. The van der Waals surface area contributed by atoms with E-state index >= 15 is 0 Å². The fourth-order valence-electron chi connectivity index (χ4n) is 2.06. The predicted molar refractivity (Wildman–Crippen MR) is 88.6 cm³/mol. The molecule has 0 spiro atoms. The van der Waals surface area contributed by atoms with E-state index in [1.54, 1.807) is 41.7 Å². The van der Waals surface area contributed by atoms with Crippen LogP contribution < -0.4 is 4.72 Å². The molecule has 23 heavy (non-hydrogen) atoms. The Morgan fingerprint density at radius 1 is 1.13 bits per heavy atom. The van der Waals surface area contributed by atoms with E-state index in [0.717, 1.165) is 5.56 Å². The molecule has 2 aromatic heterocycles. The predicted octanol–water partition coefficient (Wildman–Crippen LogP) is 3.02. The molecule has 0 aliphatic heterocycles. The van der Waals surface area contributed by atoms with Crippen LogP contribution in [0.1, 0.15) is 11.9 Å². The fraction of sp³-hybridized carbons (Fsp3) is 0.125. The highest BCUT2D eigenvalue weighted by molar-refractivity contribution is 7.89. The van der Waals surface area contributed by atoms with Gasteiger partial charge in [-0.3, -0.25) is 0 Å². The van der Waals surface area contributed by atoms with E-state index < -0.39 is 16.1 Å². The Morgan fingerprint density at radius 2 is 1.91 bits per heavy atom. The van der Waals surface area contributed by atoms with Crippen LogP contribution in [0.15, 0.2) is 68.6 Å². The summed E-state index contributed by atoms with van der Waals surface area (Å²) >= 11 is 1.55. The van der Waals surface area contributed by atoms with Gasteiger partial charge in [-0.15, -0.1) is 0 Å². The first kappa shape index (κ1) is 15.9. The Morgan fingerprint density at radius 3 is 2.61 bits per heavy atom. The summed E-state index contributed by atoms with van der Waals surface area (Å²) in [5.74, 6) is 0.966. The molecule has 120 valence electrons. The number of furan rings is 1. The highest BCUT2D eigenvalue weighted by Gasteiger charge is 2.18. The van der Waals surface area contributed by atoms with Crippen LogP contribution in [0.2, 0.25) is 0 Å². The number of aliphatic hydroxyl groups excluding tert-OH is 1. The van der Waals surface area contributed by atoms with Gasteiger partial charge in [0.15, 0.2) is 0 Å². The van der Waals surface area contributed by atoms with Crippen LogP contribution in [0.5, 0.6) is 0 Å². The molecule has 7 heteroatoms. The third kappa shape index (κ3) is 3.70. The molecule has 0 amide bonds. The van der Waals surface area contributed by atoms with Crippen molar-refractivity contribution in [1.29, 1.82) is 0 Å². The SMILES string of the molecule is O=S(=O)(NCC(O)c1ccc(-c2ccsc2)o1)c1ccccc1. The molecule has 0 saturated heterocycles. The molecule has 5 nitrogen and oxygen atoms in total. The lowest BCUT2D eigenvalue weighted by molar-refractivity contribution is 0.155. The number of aliphatic hydroxyl groups is 1. The third-order valence-electron chi connectivity index (χ3n) is 3.28. The second kappa shape index (κ2) is 6.67. The Kier molecular flexibility index (Phi) is 4.63. The lowest BCUT2D eigenvalue weighted by atomic mass is 10.2. The minimum absolute atomic E-state index is 0.158. The number of benzene rings is 1. The summed E-state index contributed by atoms with van der Waals surface area (Å²) in [6, 6.07) is 13.3. The van der Waals surface area contributed by atoms with Gasteiger partial charge in [0.25, 0.3) is 0 Å². The van der Waals surface area contributed by atoms with Gasteiger partial charge in [0, 0.05) is 17.5 Å². The number of thiophene rings is 1. The molecule has 0 radical (unpaired) electrons. The molecule has 0 fully saturated rings. The number of sulfonamides is 1. The average molecular weight is 349 g/mol. The van der Waals surface area contributed by atoms with Crippen molar-refractivity contribution in [1.82, 2.24) is 4.72 Å². The van der Waals surface area contributed by atoms with Crippen LogP contribution >= 0.6 is 11.3 Å². The summed E-state index contributed by atoms with van der Waals surface area (Å²) in [4.78, 5) is 0.158. The average Bonchev–Trinajstić information content (AvgIpc) is 3.24. The summed E-state index contributed by atoms with van der Waals surface area (Å²) in [7, 11) is -3.65. The maximum absolute atomic E-state index is 12.1. The van der Waals surface area contributed by atoms with Gasteiger partial charge in [0.1, 0.15) is 17.6 Å². The van der Waals surface area contributed by atoms with Crippen LogP contribution in [0, 0.1) is 0 Å². The van der Waals surface area contributed by atoms with Gasteiger partial charge in [-0.25, -0.2) is 13.1 Å². The van der Waals surface area contributed by atoms with Crippen molar-refractivity contribution >= 4 is 21.4 Å². The Bertz CT molecular complexity index is 855. The molecule has 0 aliphatic carbocycles. The number of nitrogens with one attached hydrogen (secondary N) is 1. The van der Waals surface area contributed by atoms with Crippen LogP contribution in [0.25, 0.3) is 11.3 Å². The van der Waals surface area contributed by atoms with E-state index in [1.165, 1.54) is 12.1 Å². The quantitative estimate of drug-likeness (QED) is 0.717. The standard InChI is InChI=1S/C16H15NO4S2/c18-14(10-17-23(19,20)13-4-2-1-3-5-13)16-7-6-15(21-16)12-8-9-22-11-12/h1-9,11,14,17-18H,10H2. The van der Waals surface area contributed by atoms with Crippen LogP contribution in [0.4, 0.5) is 0 Å². The van der Waals surface area contributed by atoms with Gasteiger partial charge in [-0.2, -0.15) is 11.3 Å². The number of rotatable bonds is 6. The monoisotopic (exact) mass is 349 g/mol. The molecule has 0 bridgehead atoms. The molecule has 3 aromatic rings. The van der Waals surface area contributed by atoms with Gasteiger partial charge >= 0.3 is 0 Å². The summed E-state index contributed by atoms with van der Waals surface area (Å²) in [6.07, 6.45) is -1.05. The van der Waals surface area contributed by atoms with Crippen LogP contribution in [0.3, 0.4) is 0 Å². The van der Waals surface area contributed by atoms with Gasteiger partial charge in [0.05, 0.1) is 4.90 Å². The zero-order chi connectivity index (χ0) is 16.3. The van der Waals surface area contributed by atoms with Crippen molar-refractivity contribution in [3.05, 3.63) is 65.1 Å². The lowest BCUT2D eigenvalue weighted by Crippen LogP contribution is -2.28. The zero-order valence-corrected chi connectivity index (χ0v) is 13.7. The minimum atomic E-state index is -3.65. The largest absolute Gasteiger partial charge is 0.458 e. The first-order valence-corrected chi connectivity index (χ1v) is 9.34. The molecular weight excluding hydrogens is 334 g/mol. The molecule has 1 aromatic carbocycles. The van der Waals surface area contributed by atoms with Crippen molar-refractivity contribution in [3.8, 4) is 11.3 Å². The molecule has 3 rings (SSSR count). The Balaban J connectivity index is 1.67. The summed E-state index contributed by atoms with van der Waals surface area (Å²) in [6.45, 7) is -0.159. The Labute approximate surface area is 138 Å². The molecule has 0 aliphatic rings. The minimum Gasteiger partial charge on any atom is -0.458 e. The molecule has 1 unspecified atom stereocenters. The van der Waals surface area contributed by atoms with E-state index in [4.69, 9.17) is 4.42 Å². The van der Waals surface area contributed by atoms with Gasteiger partial charge < -0.3 is 9.52 Å². The van der Waals surface area contributed by atoms with Gasteiger partial charge in [-0.05, 0) is 35.7 Å². The third-order valence-corrected chi connectivity index (χ3v) is 5.40. The number of hydrogen-bond donors (Lipinski definition) is 2. The fourth-order valence-corrected chi connectivity index (χ4v) is 3.77. The topological polar surface area (TPSA) is 79.5 Å². The smallest absolute Gasteiger partial charge is 0.240 e. The van der Waals surface area contributed by atoms with Crippen molar-refractivity contribution in [3.63, 3.8) is 0 Å². The zero-order valence-electron chi connectivity index (χ0n) is 12.0. The highest BCUT2D eigenvalue weighted by atomic mass is 32.2. The number of hydrogen-bond acceptors (Lipinski definition) is 5. The first-order valence-electron chi connectivity index (χ1n) is 6.91. The van der Waals surface area contributed by atoms with Gasteiger partial charge in [0.2, 0.25) is 10.0 Å². The van der Waals surface area contributed by atoms with Crippen LogP contribution in [-0.2, 0) is 10.0 Å². The molecular formula is C16H15NO4S2. The maximum atomic E-state index is 12.1.